The van der Waals surface area contributed by atoms with Crippen molar-refractivity contribution in [2.24, 2.45) is 0 Å². The molecule has 0 aromatic heterocycles. The van der Waals surface area contributed by atoms with Crippen LogP contribution in [-0.2, 0) is 14.3 Å². The minimum absolute atomic E-state index is 0.159. The first-order valence-corrected chi connectivity index (χ1v) is 10.3. The number of nitro benzene ring substituents is 1. The fourth-order valence-corrected chi connectivity index (χ4v) is 3.18. The number of rotatable bonds is 9. The Kier molecular flexibility index (Phi) is 7.88. The fourth-order valence-electron chi connectivity index (χ4n) is 2.99. The largest absolute Gasteiger partial charge is 0.449 e. The summed E-state index contributed by atoms with van der Waals surface area (Å²) in [6, 6.07) is 20.0. The third kappa shape index (κ3) is 6.72. The van der Waals surface area contributed by atoms with Crippen molar-refractivity contribution in [3.8, 4) is 0 Å². The highest BCUT2D eigenvalue weighted by Crippen LogP contribution is 2.25. The van der Waals surface area contributed by atoms with Crippen molar-refractivity contribution >= 4 is 40.6 Å². The maximum absolute atomic E-state index is 13.0. The summed E-state index contributed by atoms with van der Waals surface area (Å²) in [5.41, 5.74) is 0.927. The second kappa shape index (κ2) is 11.0. The summed E-state index contributed by atoms with van der Waals surface area (Å²) in [6.07, 6.45) is -1.74. The summed E-state index contributed by atoms with van der Waals surface area (Å²) in [5.74, 6) is -1.67. The van der Waals surface area contributed by atoms with Gasteiger partial charge in [-0.1, -0.05) is 48.0 Å². The number of benzene rings is 3. The normalized spacial score (nSPS) is 11.3. The number of nitrogens with one attached hydrogen (secondary N) is 1. The molecule has 3 aromatic carbocycles. The van der Waals surface area contributed by atoms with Crippen molar-refractivity contribution in [2.45, 2.75) is 18.9 Å². The van der Waals surface area contributed by atoms with Crippen LogP contribution in [0.4, 0.5) is 11.4 Å². The highest BCUT2D eigenvalue weighted by molar-refractivity contribution is 6.30. The van der Waals surface area contributed by atoms with E-state index in [1.165, 1.54) is 24.3 Å². The third-order valence-corrected chi connectivity index (χ3v) is 4.85. The van der Waals surface area contributed by atoms with Crippen molar-refractivity contribution in [1.82, 2.24) is 0 Å². The molecule has 0 heterocycles. The number of carbonyl (C=O) groups excluding carboxylic acids is 3. The summed E-state index contributed by atoms with van der Waals surface area (Å²) in [6.45, 7) is 0. The Morgan fingerprint density at radius 3 is 2.27 bits per heavy atom. The zero-order chi connectivity index (χ0) is 23.8. The topological polar surface area (TPSA) is 116 Å². The van der Waals surface area contributed by atoms with E-state index >= 15 is 0 Å². The number of carbonyl (C=O) groups is 3. The molecule has 33 heavy (non-hydrogen) atoms. The number of nitrogens with zero attached hydrogens (tertiary/aromatic N) is 1. The Balaban J connectivity index is 1.69. The number of anilines is 1. The van der Waals surface area contributed by atoms with Gasteiger partial charge in [0, 0.05) is 40.4 Å². The van der Waals surface area contributed by atoms with Crippen LogP contribution in [-0.4, -0.2) is 22.6 Å². The molecule has 0 aliphatic heterocycles. The summed E-state index contributed by atoms with van der Waals surface area (Å²) < 4.78 is 5.41. The van der Waals surface area contributed by atoms with Crippen LogP contribution in [0.2, 0.25) is 5.02 Å². The zero-order valence-corrected chi connectivity index (χ0v) is 18.0. The van der Waals surface area contributed by atoms with E-state index in [4.69, 9.17) is 16.3 Å². The van der Waals surface area contributed by atoms with Gasteiger partial charge in [-0.3, -0.25) is 24.5 Å². The molecule has 1 amide bonds. The Morgan fingerprint density at radius 2 is 1.64 bits per heavy atom. The minimum Gasteiger partial charge on any atom is -0.449 e. The van der Waals surface area contributed by atoms with Crippen LogP contribution < -0.4 is 5.32 Å². The zero-order valence-electron chi connectivity index (χ0n) is 17.3. The second-order valence-electron chi connectivity index (χ2n) is 7.01. The van der Waals surface area contributed by atoms with Gasteiger partial charge in [0.15, 0.2) is 6.10 Å². The van der Waals surface area contributed by atoms with Gasteiger partial charge in [-0.05, 0) is 30.3 Å². The van der Waals surface area contributed by atoms with E-state index in [1.807, 2.05) is 0 Å². The molecule has 0 spiro atoms. The number of hydrogen-bond donors (Lipinski definition) is 1. The molecular formula is C24H19ClN2O6. The number of amides is 1. The van der Waals surface area contributed by atoms with Gasteiger partial charge in [-0.2, -0.15) is 0 Å². The molecule has 0 saturated carbocycles. The van der Waals surface area contributed by atoms with E-state index in [1.54, 1.807) is 54.6 Å². The standard InChI is InChI=1S/C24H19ClN2O6/c25-18-7-4-8-19(15-18)26-21(28)13-14-22(29)33-24(23(30)16-5-2-1-3-6-16)17-9-11-20(12-10-17)27(31)32/h1-12,15,24H,13-14H2,(H,26,28)/t24-/m1/s1. The van der Waals surface area contributed by atoms with Crippen LogP contribution in [0.1, 0.15) is 34.9 Å². The van der Waals surface area contributed by atoms with Crippen LogP contribution in [0.15, 0.2) is 78.9 Å². The molecule has 1 atom stereocenters. The molecule has 0 saturated heterocycles. The molecule has 3 aromatic rings. The van der Waals surface area contributed by atoms with Crippen molar-refractivity contribution < 1.29 is 24.0 Å². The Morgan fingerprint density at radius 1 is 0.939 bits per heavy atom. The van der Waals surface area contributed by atoms with Crippen LogP contribution in [0, 0.1) is 10.1 Å². The van der Waals surface area contributed by atoms with Gasteiger partial charge in [0.05, 0.1) is 11.3 Å². The second-order valence-corrected chi connectivity index (χ2v) is 7.44. The lowest BCUT2D eigenvalue weighted by molar-refractivity contribution is -0.384. The smallest absolute Gasteiger partial charge is 0.307 e. The number of hydrogen-bond acceptors (Lipinski definition) is 6. The molecule has 8 nitrogen and oxygen atoms in total. The van der Waals surface area contributed by atoms with E-state index in [-0.39, 0.29) is 24.1 Å². The van der Waals surface area contributed by atoms with Crippen molar-refractivity contribution in [3.63, 3.8) is 0 Å². The van der Waals surface area contributed by atoms with Crippen molar-refractivity contribution in [1.29, 1.82) is 0 Å². The SMILES string of the molecule is O=C(CCC(=O)O[C@@H](C(=O)c1ccccc1)c1ccc([N+](=O)[O-])cc1)Nc1cccc(Cl)c1. The fraction of sp³-hybridized carbons (Fsp3) is 0.125. The molecule has 9 heteroatoms. The van der Waals surface area contributed by atoms with Gasteiger partial charge in [-0.25, -0.2) is 0 Å². The first kappa shape index (κ1) is 23.6. The number of esters is 1. The number of ketones is 1. The van der Waals surface area contributed by atoms with Gasteiger partial charge in [-0.15, -0.1) is 0 Å². The number of Topliss-reactive ketones (excluding diaryl/α,β-unsaturated/α-hetero) is 1. The predicted octanol–water partition coefficient (Wildman–Crippen LogP) is 5.13. The van der Waals surface area contributed by atoms with Crippen LogP contribution >= 0.6 is 11.6 Å². The third-order valence-electron chi connectivity index (χ3n) is 4.62. The van der Waals surface area contributed by atoms with Gasteiger partial charge in [0.2, 0.25) is 11.7 Å². The summed E-state index contributed by atoms with van der Waals surface area (Å²) in [7, 11) is 0. The molecule has 1 N–H and O–H groups in total. The molecule has 3 rings (SSSR count). The van der Waals surface area contributed by atoms with Crippen molar-refractivity contribution in [3.05, 3.63) is 105 Å². The minimum atomic E-state index is -1.31. The predicted molar refractivity (Wildman–Crippen MR) is 122 cm³/mol. The maximum Gasteiger partial charge on any atom is 0.307 e. The van der Waals surface area contributed by atoms with Crippen LogP contribution in [0.5, 0.6) is 0 Å². The number of ether oxygens (including phenoxy) is 1. The van der Waals surface area contributed by atoms with Crippen LogP contribution in [0.3, 0.4) is 0 Å². The Bertz CT molecular complexity index is 1170. The van der Waals surface area contributed by atoms with E-state index in [9.17, 15) is 24.5 Å². The number of halogens is 1. The summed E-state index contributed by atoms with van der Waals surface area (Å²) in [5, 5.41) is 14.0. The average molecular weight is 467 g/mol. The van der Waals surface area contributed by atoms with Crippen molar-refractivity contribution in [2.75, 3.05) is 5.32 Å². The molecule has 0 aliphatic carbocycles. The maximum atomic E-state index is 13.0. The van der Waals surface area contributed by atoms with E-state index in [0.29, 0.717) is 16.3 Å². The molecular weight excluding hydrogens is 448 g/mol. The highest BCUT2D eigenvalue weighted by Gasteiger charge is 2.27. The lowest BCUT2D eigenvalue weighted by atomic mass is 9.99. The Hall–Kier alpha value is -4.04. The van der Waals surface area contributed by atoms with E-state index < -0.39 is 28.7 Å². The van der Waals surface area contributed by atoms with Gasteiger partial charge in [0.25, 0.3) is 5.69 Å². The first-order valence-electron chi connectivity index (χ1n) is 9.92. The molecule has 0 fully saturated rings. The molecule has 0 radical (unpaired) electrons. The lowest BCUT2D eigenvalue weighted by Gasteiger charge is -2.17. The van der Waals surface area contributed by atoms with Gasteiger partial charge in [0.1, 0.15) is 0 Å². The molecule has 0 bridgehead atoms. The highest BCUT2D eigenvalue weighted by atomic mass is 35.5. The monoisotopic (exact) mass is 466 g/mol. The number of nitro groups is 1. The lowest BCUT2D eigenvalue weighted by Crippen LogP contribution is -2.21. The molecule has 168 valence electrons. The Labute approximate surface area is 194 Å². The summed E-state index contributed by atoms with van der Waals surface area (Å²) >= 11 is 5.88. The average Bonchev–Trinajstić information content (AvgIpc) is 2.81. The molecule has 0 aliphatic rings. The van der Waals surface area contributed by atoms with Gasteiger partial charge >= 0.3 is 5.97 Å². The molecule has 0 unspecified atom stereocenters. The summed E-state index contributed by atoms with van der Waals surface area (Å²) in [4.78, 5) is 48.0. The van der Waals surface area contributed by atoms with E-state index in [2.05, 4.69) is 5.32 Å². The quantitative estimate of drug-likeness (QED) is 0.202. The first-order chi connectivity index (χ1) is 15.8. The van der Waals surface area contributed by atoms with Gasteiger partial charge < -0.3 is 10.1 Å². The van der Waals surface area contributed by atoms with Crippen LogP contribution in [0.25, 0.3) is 0 Å². The van der Waals surface area contributed by atoms with E-state index in [0.717, 1.165) is 0 Å². The number of non-ortho nitro benzene ring substituents is 1.